The second-order valence-electron chi connectivity index (χ2n) is 31.8. The molecule has 28 heteroatoms. The van der Waals surface area contributed by atoms with Gasteiger partial charge < -0.3 is 40.9 Å². The van der Waals surface area contributed by atoms with Crippen LogP contribution in [0.2, 0.25) is 0 Å². The molecule has 742 valence electrons. The SMILES string of the molecule is C(=NCCN=Cc1ccccc1)c1ccccc1.CC(=Nc1ccccc1)C(C)=Nc1ccccc1.CCN=C(C)C(C)=NCC.CN(C)CCCN(C)C.CN(C)CCN(C)C.CN(C)c1ccccc1N(C)C.CP(CCP(C)c1ccccc1)c1ccccc1.CSCCSC.NCCN.c1ccc(-c2ccccn2)nc1.c1cnc(-c2cnccn2)cn1.c1cnc(-c2ncccn2)nc1. The van der Waals surface area contributed by atoms with Gasteiger partial charge in [0, 0.05) is 153 Å². The van der Waals surface area contributed by atoms with Crippen LogP contribution in [0, 0.1) is 0 Å². The maximum atomic E-state index is 4.90. The number of likely N-dealkylation sites (N-methyl/N-ethyl adjacent to an activating group) is 2. The van der Waals surface area contributed by atoms with Crippen molar-refractivity contribution >= 4 is 108 Å². The van der Waals surface area contributed by atoms with Gasteiger partial charge in [-0.3, -0.25) is 59.9 Å². The highest BCUT2D eigenvalue weighted by atomic mass is 32.2. The number of hydrogen-bond acceptors (Lipinski definition) is 26. The van der Waals surface area contributed by atoms with Crippen molar-refractivity contribution in [3.05, 3.63) is 340 Å². The Morgan fingerprint density at radius 3 is 0.899 bits per heavy atom. The minimum absolute atomic E-state index is 0.0177. The van der Waals surface area contributed by atoms with E-state index in [0.29, 0.717) is 24.7 Å². The molecule has 0 radical (unpaired) electrons. The Kier molecular flexibility index (Phi) is 72.7. The average molecular weight is 1950 g/mol. The molecular formula is C111H156N24P2S2. The number of nitrogens with two attached hydrogens (primary N) is 2. The lowest BCUT2D eigenvalue weighted by atomic mass is 10.2. The number of thioether (sulfide) groups is 2. The van der Waals surface area contributed by atoms with Crippen molar-refractivity contribution < 1.29 is 0 Å². The van der Waals surface area contributed by atoms with Gasteiger partial charge in [-0.15, -0.1) is 0 Å². The van der Waals surface area contributed by atoms with Gasteiger partial charge in [0.15, 0.2) is 11.6 Å². The lowest BCUT2D eigenvalue weighted by Crippen LogP contribution is -2.25. The lowest BCUT2D eigenvalue weighted by molar-refractivity contribution is 0.320. The van der Waals surface area contributed by atoms with E-state index in [1.54, 1.807) is 86.5 Å². The largest absolute Gasteiger partial charge is 0.376 e. The Morgan fingerprint density at radius 1 is 0.331 bits per heavy atom. The van der Waals surface area contributed by atoms with Crippen LogP contribution in [0.4, 0.5) is 22.7 Å². The Bertz CT molecular complexity index is 4730. The normalized spacial score (nSPS) is 11.3. The van der Waals surface area contributed by atoms with Crippen LogP contribution in [0.5, 0.6) is 0 Å². The predicted octanol–water partition coefficient (Wildman–Crippen LogP) is 20.7. The Labute approximate surface area is 845 Å². The van der Waals surface area contributed by atoms with Crippen LogP contribution < -0.4 is 31.9 Å². The summed E-state index contributed by atoms with van der Waals surface area (Å²) in [4.78, 5) is 79.7. The number of rotatable bonds is 32. The summed E-state index contributed by atoms with van der Waals surface area (Å²) in [5.74, 6) is 3.69. The van der Waals surface area contributed by atoms with E-state index in [1.165, 1.54) is 65.3 Å². The molecular weight excluding hydrogens is 1800 g/mol. The molecule has 139 heavy (non-hydrogen) atoms. The zero-order valence-corrected chi connectivity index (χ0v) is 90.1. The van der Waals surface area contributed by atoms with E-state index in [2.05, 4.69) is 305 Å². The molecule has 4 N–H and O–H groups in total. The third kappa shape index (κ3) is 64.1. The molecule has 0 aliphatic carbocycles. The molecule has 13 rings (SSSR count). The van der Waals surface area contributed by atoms with Crippen LogP contribution in [-0.4, -0.2) is 304 Å². The standard InChI is InChI=1S/2C16H16N2.C16H20P2.C10H8N2.C10H16N2.2C8H6N4.C8H16N2.C7H18N2.C6H16N2.C4H10S2.C2H8N2/c1-13(17-15-9-5-3-6-10-15)14(2)18-16-11-7-4-8-12-16;1-3-7-15(8-4-1)13-17-11-12-18-14-16-9-5-2-6-10-16;1-17(15-9-5-3-6-10-15)13-14-18(2)16-11-7-4-8-12-16;1-3-7-11-9(5-1)10-6-2-4-8-12-10;1-11(2)9-7-5-6-8-10(9)12(3)4;1-3-11-7(5-9-1)8-6-10-2-4-12-8;1-3-9-7(10-4-1)8-11-5-2-6-12-8;1-5-9-7(3)8(4)10-6-2;1-8(2)6-5-7-9(3)4;1-7(2)5-6-8(3)4;1-5-3-4-6-2;3-1-2-4/h3-12H,1-2H3;1-10,13-14H,11-12H2;3-12H,13-14H2,1-2H3;1-8H;5-8H,1-4H3;2*1-6H;5-6H2,1-4H3;5-7H2,1-4H3;5-6H2,1-4H3;3-4H2,1-2H3;1-4H2. The fourth-order valence-corrected chi connectivity index (χ4v) is 16.5. The second kappa shape index (κ2) is 82.0. The molecule has 6 aromatic heterocycles. The summed E-state index contributed by atoms with van der Waals surface area (Å²) in [7, 11) is 25.0. The first kappa shape index (κ1) is 123. The van der Waals surface area contributed by atoms with Crippen LogP contribution in [-0.2, 0) is 0 Å². The van der Waals surface area contributed by atoms with Crippen LogP contribution >= 0.6 is 39.4 Å². The summed E-state index contributed by atoms with van der Waals surface area (Å²) in [6.07, 6.45) is 32.0. The van der Waals surface area contributed by atoms with Crippen LogP contribution in [0.25, 0.3) is 34.4 Å². The van der Waals surface area contributed by atoms with Gasteiger partial charge in [-0.1, -0.05) is 198 Å². The Morgan fingerprint density at radius 2 is 0.626 bits per heavy atom. The van der Waals surface area contributed by atoms with Crippen LogP contribution in [0.3, 0.4) is 0 Å². The monoisotopic (exact) mass is 1950 g/mol. The molecule has 0 amide bonds. The second-order valence-corrected chi connectivity index (χ2v) is 38.4. The molecule has 2 unspecified atom stereocenters. The van der Waals surface area contributed by atoms with Gasteiger partial charge in [0.2, 0.25) is 0 Å². The first-order valence-corrected chi connectivity index (χ1v) is 53.2. The van der Waals surface area contributed by atoms with Crippen molar-refractivity contribution in [2.24, 2.45) is 41.4 Å². The van der Waals surface area contributed by atoms with Crippen molar-refractivity contribution in [2.75, 3.05) is 209 Å². The number of aliphatic imine (C=N–C) groups is 6. The Hall–Kier alpha value is -11.9. The van der Waals surface area contributed by atoms with Gasteiger partial charge in [-0.05, 0) is 250 Å². The number of pyridine rings is 2. The minimum atomic E-state index is 0.0177. The fraction of sp³-hybridized carbons (Fsp3) is 0.333. The number of hydrogen-bond donors (Lipinski definition) is 2. The van der Waals surface area contributed by atoms with Gasteiger partial charge >= 0.3 is 0 Å². The van der Waals surface area contributed by atoms with E-state index >= 15 is 0 Å². The molecule has 0 fully saturated rings. The van der Waals surface area contributed by atoms with E-state index in [-0.39, 0.29) is 15.8 Å². The van der Waals surface area contributed by atoms with Crippen molar-refractivity contribution in [1.29, 1.82) is 0 Å². The number of aromatic nitrogens is 10. The topological polar surface area (TPSA) is 275 Å². The van der Waals surface area contributed by atoms with Gasteiger partial charge in [0.05, 0.1) is 82.5 Å². The summed E-state index contributed by atoms with van der Waals surface area (Å²) < 4.78 is 0. The smallest absolute Gasteiger partial charge is 0.197 e. The Balaban J connectivity index is 0.000000521. The number of para-hydroxylation sites is 4. The van der Waals surface area contributed by atoms with E-state index in [0.717, 1.165) is 107 Å². The minimum Gasteiger partial charge on any atom is -0.376 e. The highest BCUT2D eigenvalue weighted by Crippen LogP contribution is 2.37. The van der Waals surface area contributed by atoms with Crippen molar-refractivity contribution in [1.82, 2.24) is 69.4 Å². The van der Waals surface area contributed by atoms with Crippen LogP contribution in [0.1, 0.15) is 59.1 Å². The number of benzene rings is 7. The van der Waals surface area contributed by atoms with Crippen molar-refractivity contribution in [3.8, 4) is 34.4 Å². The summed E-state index contributed by atoms with van der Waals surface area (Å²) in [5, 5.41) is 3.06. The average Bonchev–Trinajstić information content (AvgIpc) is 0.856. The molecule has 0 spiro atoms. The number of anilines is 2. The third-order valence-electron chi connectivity index (χ3n) is 18.6. The molecule has 24 nitrogen and oxygen atoms in total. The maximum absolute atomic E-state index is 4.90. The molecule has 2 atom stereocenters. The maximum Gasteiger partial charge on any atom is 0.197 e. The molecule has 7 aromatic carbocycles. The summed E-state index contributed by atoms with van der Waals surface area (Å²) >= 11 is 3.81. The summed E-state index contributed by atoms with van der Waals surface area (Å²) in [6.45, 7) is 25.8. The molecule has 0 saturated heterocycles. The van der Waals surface area contributed by atoms with Crippen LogP contribution in [0.15, 0.2) is 359 Å². The predicted molar refractivity (Wildman–Crippen MR) is 613 cm³/mol. The van der Waals surface area contributed by atoms with E-state index in [9.17, 15) is 0 Å². The highest BCUT2D eigenvalue weighted by molar-refractivity contribution is 8.02. The summed E-state index contributed by atoms with van der Waals surface area (Å²) in [5.41, 5.74) is 23.8. The molecule has 13 aromatic rings. The van der Waals surface area contributed by atoms with Gasteiger partial charge in [-0.2, -0.15) is 23.5 Å². The van der Waals surface area contributed by atoms with Crippen molar-refractivity contribution in [3.63, 3.8) is 0 Å². The molecule has 0 bridgehead atoms. The summed E-state index contributed by atoms with van der Waals surface area (Å²) in [6, 6.07) is 85.4. The zero-order chi connectivity index (χ0) is 102. The lowest BCUT2D eigenvalue weighted by Gasteiger charge is -2.22. The highest BCUT2D eigenvalue weighted by Gasteiger charge is 2.10. The zero-order valence-electron chi connectivity index (χ0n) is 86.6. The number of nitrogens with zero attached hydrogens (tertiary/aromatic N) is 22. The molecule has 6 heterocycles. The van der Waals surface area contributed by atoms with Gasteiger partial charge in [0.25, 0.3) is 0 Å². The molecule has 0 saturated carbocycles. The fourth-order valence-electron chi connectivity index (χ4n) is 10.9. The third-order valence-corrected chi connectivity index (χ3v) is 24.6. The first-order valence-electron chi connectivity index (χ1n) is 46.5. The van der Waals surface area contributed by atoms with Crippen molar-refractivity contribution in [2.45, 2.75) is 48.0 Å². The quantitative estimate of drug-likeness (QED) is 0.0225. The van der Waals surface area contributed by atoms with E-state index in [4.69, 9.17) is 11.5 Å². The van der Waals surface area contributed by atoms with E-state index < -0.39 is 0 Å². The van der Waals surface area contributed by atoms with Gasteiger partial charge in [-0.25, -0.2) is 19.9 Å². The molecule has 0 aliphatic heterocycles. The first-order chi connectivity index (χ1) is 67.3. The molecule has 0 aliphatic rings. The van der Waals surface area contributed by atoms with E-state index in [1.807, 2.05) is 235 Å². The van der Waals surface area contributed by atoms with Gasteiger partial charge in [0.1, 0.15) is 11.4 Å².